The van der Waals surface area contributed by atoms with E-state index < -0.39 is 40.9 Å². The first-order chi connectivity index (χ1) is 13.6. The highest BCUT2D eigenvalue weighted by molar-refractivity contribution is 5.97. The molecule has 2 N–H and O–H groups in total. The minimum absolute atomic E-state index is 0.0939. The Labute approximate surface area is 167 Å². The molecule has 0 radical (unpaired) electrons. The Morgan fingerprint density at radius 3 is 2.21 bits per heavy atom. The molecule has 10 heteroatoms. The molecule has 0 bridgehead atoms. The summed E-state index contributed by atoms with van der Waals surface area (Å²) in [4.78, 5) is 36.2. The molecule has 1 atom stereocenters. The van der Waals surface area contributed by atoms with Crippen LogP contribution < -0.4 is 10.5 Å². The quantitative estimate of drug-likeness (QED) is 0.326. The number of allylic oxidation sites excluding steroid dienone is 1. The lowest BCUT2D eigenvalue weighted by Crippen LogP contribution is -2.38. The molecular weight excluding hydrogens is 382 g/mol. The van der Waals surface area contributed by atoms with Gasteiger partial charge in [0.15, 0.2) is 5.92 Å². The Kier molecular flexibility index (Phi) is 6.43. The summed E-state index contributed by atoms with van der Waals surface area (Å²) in [5.74, 6) is -4.94. The van der Waals surface area contributed by atoms with E-state index in [9.17, 15) is 25.0 Å². The summed E-state index contributed by atoms with van der Waals surface area (Å²) in [6.45, 7) is 6.39. The van der Waals surface area contributed by atoms with Gasteiger partial charge in [0.1, 0.15) is 11.8 Å². The summed E-state index contributed by atoms with van der Waals surface area (Å²) in [7, 11) is 0. The van der Waals surface area contributed by atoms with Gasteiger partial charge in [-0.1, -0.05) is 0 Å². The molecule has 0 spiro atoms. The maximum Gasteiger partial charge on any atom is 0.321 e. The smallest absolute Gasteiger partial charge is 0.321 e. The number of nitro benzene ring substituents is 1. The molecule has 0 fully saturated rings. The van der Waals surface area contributed by atoms with Gasteiger partial charge in [-0.15, -0.1) is 0 Å². The van der Waals surface area contributed by atoms with Crippen molar-refractivity contribution in [1.82, 2.24) is 0 Å². The van der Waals surface area contributed by atoms with Crippen molar-refractivity contribution in [3.8, 4) is 11.8 Å². The van der Waals surface area contributed by atoms with Crippen molar-refractivity contribution in [3.05, 3.63) is 45.3 Å². The van der Waals surface area contributed by atoms with E-state index in [0.29, 0.717) is 0 Å². The van der Waals surface area contributed by atoms with Crippen LogP contribution in [0.3, 0.4) is 0 Å². The molecule has 29 heavy (non-hydrogen) atoms. The second-order valence-electron chi connectivity index (χ2n) is 6.90. The molecular formula is C19H21N3O7. The Morgan fingerprint density at radius 1 is 1.21 bits per heavy atom. The zero-order chi connectivity index (χ0) is 21.9. The molecule has 1 aliphatic rings. The first-order valence-electron chi connectivity index (χ1n) is 8.83. The number of nitriles is 1. The predicted molar refractivity (Wildman–Crippen MR) is 99.2 cm³/mol. The molecule has 0 amide bonds. The van der Waals surface area contributed by atoms with Crippen LogP contribution in [0, 0.1) is 27.4 Å². The van der Waals surface area contributed by atoms with Crippen molar-refractivity contribution >= 4 is 17.6 Å². The van der Waals surface area contributed by atoms with E-state index in [1.807, 2.05) is 6.07 Å². The lowest BCUT2D eigenvalue weighted by Gasteiger charge is -2.30. The average Bonchev–Trinajstić information content (AvgIpc) is 2.60. The van der Waals surface area contributed by atoms with E-state index in [0.717, 1.165) is 6.07 Å². The van der Waals surface area contributed by atoms with Crippen LogP contribution in [0.2, 0.25) is 0 Å². The number of benzene rings is 1. The second-order valence-corrected chi connectivity index (χ2v) is 6.90. The molecule has 0 saturated carbocycles. The number of rotatable bonds is 6. The second kappa shape index (κ2) is 8.60. The molecule has 2 rings (SSSR count). The van der Waals surface area contributed by atoms with Crippen molar-refractivity contribution in [2.75, 3.05) is 0 Å². The first-order valence-corrected chi connectivity index (χ1v) is 8.83. The van der Waals surface area contributed by atoms with Gasteiger partial charge in [-0.05, 0) is 33.8 Å². The SMILES string of the molecule is CC(C)OC(=O)C(C(=O)OC(C)C)[C@H]1C(C#N)=C(N)Oc2ccc([N+](=O)[O-])cc21. The maximum absolute atomic E-state index is 12.8. The molecule has 1 aliphatic heterocycles. The van der Waals surface area contributed by atoms with Gasteiger partial charge >= 0.3 is 11.9 Å². The number of hydrogen-bond donors (Lipinski definition) is 1. The monoisotopic (exact) mass is 403 g/mol. The van der Waals surface area contributed by atoms with Gasteiger partial charge < -0.3 is 19.9 Å². The van der Waals surface area contributed by atoms with Crippen molar-refractivity contribution in [2.45, 2.75) is 45.8 Å². The van der Waals surface area contributed by atoms with Crippen LogP contribution in [0.4, 0.5) is 5.69 Å². The number of nitro groups is 1. The van der Waals surface area contributed by atoms with Crippen molar-refractivity contribution < 1.29 is 28.7 Å². The van der Waals surface area contributed by atoms with E-state index in [2.05, 4.69) is 0 Å². The van der Waals surface area contributed by atoms with E-state index >= 15 is 0 Å². The van der Waals surface area contributed by atoms with Gasteiger partial charge in [0, 0.05) is 17.7 Å². The molecule has 0 aromatic heterocycles. The fourth-order valence-electron chi connectivity index (χ4n) is 2.92. The van der Waals surface area contributed by atoms with Gasteiger partial charge in [-0.3, -0.25) is 19.7 Å². The first kappa shape index (κ1) is 21.7. The number of non-ortho nitro benzene ring substituents is 1. The highest BCUT2D eigenvalue weighted by atomic mass is 16.6. The summed E-state index contributed by atoms with van der Waals surface area (Å²) in [6.07, 6.45) is -1.10. The Balaban J connectivity index is 2.70. The molecule has 1 aromatic rings. The predicted octanol–water partition coefficient (Wildman–Crippen LogP) is 2.28. The van der Waals surface area contributed by atoms with Crippen LogP contribution in [0.5, 0.6) is 5.75 Å². The molecule has 10 nitrogen and oxygen atoms in total. The summed E-state index contributed by atoms with van der Waals surface area (Å²) >= 11 is 0. The minimum atomic E-state index is -1.60. The summed E-state index contributed by atoms with van der Waals surface area (Å²) < 4.78 is 15.8. The molecule has 1 aromatic carbocycles. The number of hydrogen-bond acceptors (Lipinski definition) is 9. The standard InChI is InChI=1S/C19H21N3O7/c1-9(2)27-18(23)16(19(24)28-10(3)4)15-12-7-11(22(25)26)5-6-14(12)29-17(21)13(15)8-20/h5-7,9-10,15-16H,21H2,1-4H3/t15-/m1/s1. The van der Waals surface area contributed by atoms with Crippen LogP contribution in [0.1, 0.15) is 39.2 Å². The minimum Gasteiger partial charge on any atom is -0.462 e. The Morgan fingerprint density at radius 2 is 1.76 bits per heavy atom. The lowest BCUT2D eigenvalue weighted by molar-refractivity contribution is -0.385. The molecule has 1 heterocycles. The molecule has 154 valence electrons. The summed E-state index contributed by atoms with van der Waals surface area (Å²) in [6, 6.07) is 5.46. The van der Waals surface area contributed by atoms with Gasteiger partial charge in [-0.25, -0.2) is 0 Å². The number of esters is 2. The third-order valence-corrected chi connectivity index (χ3v) is 4.00. The van der Waals surface area contributed by atoms with Gasteiger partial charge in [0.05, 0.1) is 28.6 Å². The number of fused-ring (bicyclic) bond motifs is 1. The topological polar surface area (TPSA) is 155 Å². The highest BCUT2D eigenvalue weighted by Gasteiger charge is 2.46. The third kappa shape index (κ3) is 4.63. The summed E-state index contributed by atoms with van der Waals surface area (Å²) in [5, 5.41) is 20.8. The normalized spacial score (nSPS) is 15.6. The van der Waals surface area contributed by atoms with Crippen LogP contribution >= 0.6 is 0 Å². The van der Waals surface area contributed by atoms with E-state index in [1.54, 1.807) is 27.7 Å². The van der Waals surface area contributed by atoms with Gasteiger partial charge in [-0.2, -0.15) is 5.26 Å². The van der Waals surface area contributed by atoms with Gasteiger partial charge in [0.25, 0.3) is 5.69 Å². The number of ether oxygens (including phenoxy) is 3. The Hall–Kier alpha value is -3.61. The number of carbonyl (C=O) groups is 2. The lowest BCUT2D eigenvalue weighted by atomic mass is 9.79. The molecule has 0 saturated heterocycles. The molecule has 0 unspecified atom stereocenters. The van der Waals surface area contributed by atoms with Crippen molar-refractivity contribution in [1.29, 1.82) is 5.26 Å². The number of nitrogens with zero attached hydrogens (tertiary/aromatic N) is 2. The number of carbonyl (C=O) groups excluding carboxylic acids is 2. The Bertz CT molecular complexity index is 893. The fourth-order valence-corrected chi connectivity index (χ4v) is 2.92. The largest absolute Gasteiger partial charge is 0.462 e. The average molecular weight is 403 g/mol. The van der Waals surface area contributed by atoms with E-state index in [1.165, 1.54) is 12.1 Å². The summed E-state index contributed by atoms with van der Waals surface area (Å²) in [5.41, 5.74) is 5.40. The zero-order valence-corrected chi connectivity index (χ0v) is 16.4. The molecule has 0 aliphatic carbocycles. The van der Waals surface area contributed by atoms with Gasteiger partial charge in [0.2, 0.25) is 5.88 Å². The fraction of sp³-hybridized carbons (Fsp3) is 0.421. The van der Waals surface area contributed by atoms with E-state index in [4.69, 9.17) is 19.9 Å². The maximum atomic E-state index is 12.8. The van der Waals surface area contributed by atoms with Crippen molar-refractivity contribution in [2.24, 2.45) is 11.7 Å². The van der Waals surface area contributed by atoms with Crippen LogP contribution in [0.15, 0.2) is 29.7 Å². The van der Waals surface area contributed by atoms with Crippen LogP contribution in [-0.2, 0) is 19.1 Å². The third-order valence-electron chi connectivity index (χ3n) is 4.00. The van der Waals surface area contributed by atoms with Crippen molar-refractivity contribution in [3.63, 3.8) is 0 Å². The highest BCUT2D eigenvalue weighted by Crippen LogP contribution is 2.44. The number of nitrogens with two attached hydrogens (primary N) is 1. The van der Waals surface area contributed by atoms with Crippen LogP contribution in [0.25, 0.3) is 0 Å². The van der Waals surface area contributed by atoms with E-state index in [-0.39, 0.29) is 28.5 Å². The zero-order valence-electron chi connectivity index (χ0n) is 16.4. The van der Waals surface area contributed by atoms with Crippen LogP contribution in [-0.4, -0.2) is 29.1 Å².